The number of nitrogens with two attached hydrogens (primary N) is 1. The first-order valence-corrected chi connectivity index (χ1v) is 5.94. The van der Waals surface area contributed by atoms with Gasteiger partial charge in [0.05, 0.1) is 0 Å². The maximum absolute atomic E-state index is 11.5. The van der Waals surface area contributed by atoms with Gasteiger partial charge in [-0.2, -0.15) is 8.42 Å². The zero-order valence-electron chi connectivity index (χ0n) is 8.54. The first kappa shape index (κ1) is 12.5. The monoisotopic (exact) mass is 244 g/mol. The van der Waals surface area contributed by atoms with Gasteiger partial charge in [-0.15, -0.1) is 0 Å². The van der Waals surface area contributed by atoms with Crippen LogP contribution in [0.3, 0.4) is 0 Å². The van der Waals surface area contributed by atoms with Crippen molar-refractivity contribution < 1.29 is 17.8 Å². The van der Waals surface area contributed by atoms with E-state index in [9.17, 15) is 13.2 Å². The van der Waals surface area contributed by atoms with Crippen LogP contribution in [0.5, 0.6) is 0 Å². The molecule has 7 heteroatoms. The second-order valence-corrected chi connectivity index (χ2v) is 4.99. The highest BCUT2D eigenvalue weighted by Crippen LogP contribution is 2.06. The number of carbonyl (C=O) groups excluding carboxylic acids is 1. The number of hydrogen-bond donors (Lipinski definition) is 3. The Morgan fingerprint density at radius 1 is 1.38 bits per heavy atom. The van der Waals surface area contributed by atoms with Gasteiger partial charge in [0.25, 0.3) is 16.0 Å². The normalized spacial score (nSPS) is 13.1. The minimum absolute atomic E-state index is 0.268. The second kappa shape index (κ2) is 4.50. The van der Waals surface area contributed by atoms with Gasteiger partial charge >= 0.3 is 0 Å². The van der Waals surface area contributed by atoms with Crippen LogP contribution in [0, 0.1) is 0 Å². The fraction of sp³-hybridized carbons (Fsp3) is 0.222. The number of nitrogen functional groups attached to an aromatic ring is 1. The van der Waals surface area contributed by atoms with Crippen LogP contribution >= 0.6 is 0 Å². The molecule has 0 radical (unpaired) electrons. The molecular formula is C9H12N2O4S. The Bertz CT molecular complexity index is 481. The van der Waals surface area contributed by atoms with E-state index in [0.29, 0.717) is 5.69 Å². The summed E-state index contributed by atoms with van der Waals surface area (Å²) in [7, 11) is -4.27. The lowest BCUT2D eigenvalue weighted by atomic mass is 10.2. The Morgan fingerprint density at radius 3 is 2.31 bits per heavy atom. The van der Waals surface area contributed by atoms with Crippen LogP contribution in [0.2, 0.25) is 0 Å². The highest BCUT2D eigenvalue weighted by atomic mass is 32.2. The quantitative estimate of drug-likeness (QED) is 0.521. The summed E-state index contributed by atoms with van der Waals surface area (Å²) in [4.78, 5) is 11.5. The molecular weight excluding hydrogens is 232 g/mol. The molecule has 6 nitrogen and oxygen atoms in total. The van der Waals surface area contributed by atoms with E-state index in [4.69, 9.17) is 10.3 Å². The first-order valence-electron chi connectivity index (χ1n) is 4.43. The summed E-state index contributed by atoms with van der Waals surface area (Å²) in [5.41, 5.74) is 6.20. The number of amides is 1. The Kier molecular flexibility index (Phi) is 3.51. The van der Waals surface area contributed by atoms with Gasteiger partial charge in [-0.05, 0) is 31.2 Å². The highest BCUT2D eigenvalue weighted by Gasteiger charge is 2.19. The molecule has 0 aliphatic rings. The number of carbonyl (C=O) groups is 1. The Hall–Kier alpha value is -1.60. The number of hydrogen-bond acceptors (Lipinski definition) is 4. The van der Waals surface area contributed by atoms with Gasteiger partial charge in [0.15, 0.2) is 5.37 Å². The molecule has 88 valence electrons. The van der Waals surface area contributed by atoms with Crippen LogP contribution in [-0.4, -0.2) is 24.3 Å². The number of nitrogens with one attached hydrogen (secondary N) is 1. The van der Waals surface area contributed by atoms with Crippen LogP contribution in [-0.2, 0) is 10.1 Å². The summed E-state index contributed by atoms with van der Waals surface area (Å²) in [6, 6.07) is 5.96. The van der Waals surface area contributed by atoms with Crippen molar-refractivity contribution in [3.63, 3.8) is 0 Å². The third kappa shape index (κ3) is 3.21. The molecule has 0 aliphatic heterocycles. The molecule has 0 heterocycles. The van der Waals surface area contributed by atoms with E-state index in [0.717, 1.165) is 0 Å². The van der Waals surface area contributed by atoms with E-state index in [2.05, 4.69) is 5.32 Å². The molecule has 4 N–H and O–H groups in total. The fourth-order valence-electron chi connectivity index (χ4n) is 0.977. The molecule has 1 unspecified atom stereocenters. The number of benzene rings is 1. The lowest BCUT2D eigenvalue weighted by Gasteiger charge is -2.10. The van der Waals surface area contributed by atoms with Crippen molar-refractivity contribution in [2.24, 2.45) is 0 Å². The van der Waals surface area contributed by atoms with Crippen molar-refractivity contribution in [3.05, 3.63) is 29.8 Å². The van der Waals surface area contributed by atoms with E-state index in [1.807, 2.05) is 0 Å². The molecule has 0 aliphatic carbocycles. The molecule has 1 rings (SSSR count). The van der Waals surface area contributed by atoms with Crippen molar-refractivity contribution in [3.8, 4) is 0 Å². The Labute approximate surface area is 93.2 Å². The van der Waals surface area contributed by atoms with E-state index in [1.54, 1.807) is 0 Å². The van der Waals surface area contributed by atoms with Gasteiger partial charge in [-0.25, -0.2) is 0 Å². The summed E-state index contributed by atoms with van der Waals surface area (Å²) >= 11 is 0. The molecule has 1 aromatic carbocycles. The molecule has 0 saturated heterocycles. The highest BCUT2D eigenvalue weighted by molar-refractivity contribution is 7.86. The van der Waals surface area contributed by atoms with Crippen molar-refractivity contribution in [1.29, 1.82) is 0 Å². The predicted octanol–water partition coefficient (Wildman–Crippen LogP) is 0.232. The first-order chi connectivity index (χ1) is 7.30. The number of rotatable bonds is 3. The van der Waals surface area contributed by atoms with E-state index >= 15 is 0 Å². The minimum atomic E-state index is -4.27. The summed E-state index contributed by atoms with van der Waals surface area (Å²) < 4.78 is 30.0. The van der Waals surface area contributed by atoms with Crippen molar-refractivity contribution in [2.75, 3.05) is 5.73 Å². The molecule has 1 aromatic rings. The maximum Gasteiger partial charge on any atom is 0.285 e. The molecule has 1 amide bonds. The lowest BCUT2D eigenvalue weighted by molar-refractivity contribution is 0.0949. The average molecular weight is 244 g/mol. The Morgan fingerprint density at radius 2 is 1.88 bits per heavy atom. The van der Waals surface area contributed by atoms with Crippen LogP contribution in [0.4, 0.5) is 5.69 Å². The topological polar surface area (TPSA) is 109 Å². The van der Waals surface area contributed by atoms with Crippen LogP contribution in [0.1, 0.15) is 17.3 Å². The molecule has 1 atom stereocenters. The van der Waals surface area contributed by atoms with Crippen LogP contribution < -0.4 is 11.1 Å². The van der Waals surface area contributed by atoms with Gasteiger partial charge in [-0.3, -0.25) is 9.35 Å². The zero-order chi connectivity index (χ0) is 12.3. The average Bonchev–Trinajstić information content (AvgIpc) is 2.17. The van der Waals surface area contributed by atoms with Gasteiger partial charge < -0.3 is 11.1 Å². The standard InChI is InChI=1S/C9H12N2O4S/c1-6(16(13,14)15)11-9(12)7-2-4-8(10)5-3-7/h2-6H,10H2,1H3,(H,11,12)(H,13,14,15). The van der Waals surface area contributed by atoms with E-state index < -0.39 is 21.4 Å². The lowest BCUT2D eigenvalue weighted by Crippen LogP contribution is -2.38. The molecule has 0 aromatic heterocycles. The third-order valence-electron chi connectivity index (χ3n) is 1.95. The van der Waals surface area contributed by atoms with Crippen molar-refractivity contribution in [2.45, 2.75) is 12.3 Å². The summed E-state index contributed by atoms with van der Waals surface area (Å²) in [6.45, 7) is 1.17. The largest absolute Gasteiger partial charge is 0.399 e. The zero-order valence-corrected chi connectivity index (χ0v) is 9.36. The van der Waals surface area contributed by atoms with Gasteiger partial charge in [0.1, 0.15) is 0 Å². The number of anilines is 1. The third-order valence-corrected chi connectivity index (χ3v) is 2.97. The van der Waals surface area contributed by atoms with Gasteiger partial charge in [0, 0.05) is 11.3 Å². The molecule has 0 spiro atoms. The predicted molar refractivity (Wildman–Crippen MR) is 59.3 cm³/mol. The van der Waals surface area contributed by atoms with E-state index in [-0.39, 0.29) is 5.56 Å². The Balaban J connectivity index is 2.77. The van der Waals surface area contributed by atoms with E-state index in [1.165, 1.54) is 31.2 Å². The molecule has 16 heavy (non-hydrogen) atoms. The minimum Gasteiger partial charge on any atom is -0.399 e. The molecule has 0 saturated carbocycles. The van der Waals surface area contributed by atoms with Gasteiger partial charge in [-0.1, -0.05) is 0 Å². The summed E-state index contributed by atoms with van der Waals surface area (Å²) in [6.07, 6.45) is 0. The summed E-state index contributed by atoms with van der Waals surface area (Å²) in [5.74, 6) is -0.592. The van der Waals surface area contributed by atoms with Crippen LogP contribution in [0.25, 0.3) is 0 Å². The second-order valence-electron chi connectivity index (χ2n) is 3.25. The molecule has 0 fully saturated rings. The smallest absolute Gasteiger partial charge is 0.285 e. The fourth-order valence-corrected chi connectivity index (χ4v) is 1.23. The summed E-state index contributed by atoms with van der Waals surface area (Å²) in [5, 5.41) is 0.788. The maximum atomic E-state index is 11.5. The van der Waals surface area contributed by atoms with Crippen molar-refractivity contribution >= 4 is 21.7 Å². The van der Waals surface area contributed by atoms with Crippen molar-refractivity contribution in [1.82, 2.24) is 5.32 Å². The van der Waals surface area contributed by atoms with Crippen LogP contribution in [0.15, 0.2) is 24.3 Å². The molecule has 0 bridgehead atoms. The van der Waals surface area contributed by atoms with Gasteiger partial charge in [0.2, 0.25) is 0 Å². The SMILES string of the molecule is CC(NC(=O)c1ccc(N)cc1)S(=O)(=O)O.